The number of para-hydroxylation sites is 1. The van der Waals surface area contributed by atoms with Gasteiger partial charge in [-0.2, -0.15) is 5.10 Å². The van der Waals surface area contributed by atoms with Crippen molar-refractivity contribution in [1.29, 1.82) is 0 Å². The molecule has 0 aliphatic rings. The Kier molecular flexibility index (Phi) is 4.44. The largest absolute Gasteiger partial charge is 0.466 e. The molecule has 0 saturated carbocycles. The summed E-state index contributed by atoms with van der Waals surface area (Å²) in [5.74, 6) is -1.39. The second-order valence-corrected chi connectivity index (χ2v) is 4.32. The topological polar surface area (TPSA) is 93.3 Å². The van der Waals surface area contributed by atoms with E-state index in [0.717, 1.165) is 6.08 Å². The van der Waals surface area contributed by atoms with Crippen LogP contribution < -0.4 is 5.32 Å². The molecule has 0 unspecified atom stereocenters. The standard InChI is InChI=1S/C13H12ClN3O4/c1-20-10(18)6-9(13(19)21-2)15-8-5-3-4-7-11(8)16-17-12(7)14/h3-6,15H,1-2H3,(H,16,17)/b9-6+. The summed E-state index contributed by atoms with van der Waals surface area (Å²) in [6, 6.07) is 5.20. The number of benzene rings is 1. The van der Waals surface area contributed by atoms with Crippen molar-refractivity contribution in [3.63, 3.8) is 0 Å². The summed E-state index contributed by atoms with van der Waals surface area (Å²) >= 11 is 5.95. The van der Waals surface area contributed by atoms with E-state index in [2.05, 4.69) is 25.0 Å². The highest BCUT2D eigenvalue weighted by Crippen LogP contribution is 2.27. The minimum Gasteiger partial charge on any atom is -0.466 e. The Bertz CT molecular complexity index is 723. The number of nitrogens with zero attached hydrogens (tertiary/aromatic N) is 1. The third kappa shape index (κ3) is 3.14. The maximum atomic E-state index is 11.7. The van der Waals surface area contributed by atoms with Gasteiger partial charge in [0, 0.05) is 5.39 Å². The van der Waals surface area contributed by atoms with Crippen molar-refractivity contribution >= 4 is 40.1 Å². The van der Waals surface area contributed by atoms with Gasteiger partial charge in [-0.1, -0.05) is 17.7 Å². The SMILES string of the molecule is COC(=O)/C=C(/Nc1cccc2c(Cl)[nH]nc12)C(=O)OC. The molecule has 0 aliphatic carbocycles. The number of aromatic nitrogens is 2. The number of esters is 2. The van der Waals surface area contributed by atoms with Gasteiger partial charge >= 0.3 is 11.9 Å². The number of carbonyl (C=O) groups is 2. The number of rotatable bonds is 4. The van der Waals surface area contributed by atoms with Crippen LogP contribution in [0.15, 0.2) is 30.0 Å². The maximum Gasteiger partial charge on any atom is 0.354 e. The predicted molar refractivity (Wildman–Crippen MR) is 76.8 cm³/mol. The van der Waals surface area contributed by atoms with Gasteiger partial charge in [0.2, 0.25) is 0 Å². The van der Waals surface area contributed by atoms with Gasteiger partial charge in [0.1, 0.15) is 16.4 Å². The summed E-state index contributed by atoms with van der Waals surface area (Å²) in [5.41, 5.74) is 0.953. The van der Waals surface area contributed by atoms with Crippen molar-refractivity contribution in [2.75, 3.05) is 19.5 Å². The lowest BCUT2D eigenvalue weighted by Gasteiger charge is -2.09. The van der Waals surface area contributed by atoms with Crippen LogP contribution >= 0.6 is 11.6 Å². The Morgan fingerprint density at radius 1 is 1.33 bits per heavy atom. The zero-order chi connectivity index (χ0) is 15.4. The number of anilines is 1. The van der Waals surface area contributed by atoms with Crippen LogP contribution in [-0.2, 0) is 19.1 Å². The van der Waals surface area contributed by atoms with Crippen molar-refractivity contribution in [2.24, 2.45) is 0 Å². The van der Waals surface area contributed by atoms with E-state index in [-0.39, 0.29) is 5.70 Å². The maximum absolute atomic E-state index is 11.7. The average molecular weight is 310 g/mol. The summed E-state index contributed by atoms with van der Waals surface area (Å²) in [6.45, 7) is 0. The molecule has 1 heterocycles. The Morgan fingerprint density at radius 2 is 2.10 bits per heavy atom. The number of hydrogen-bond donors (Lipinski definition) is 2. The fraction of sp³-hybridized carbons (Fsp3) is 0.154. The van der Waals surface area contributed by atoms with Gasteiger partial charge in [0.25, 0.3) is 0 Å². The van der Waals surface area contributed by atoms with Crippen LogP contribution in [0.2, 0.25) is 5.15 Å². The van der Waals surface area contributed by atoms with Crippen LogP contribution in [0.1, 0.15) is 0 Å². The number of methoxy groups -OCH3 is 2. The number of H-pyrrole nitrogens is 1. The van der Waals surface area contributed by atoms with Crippen LogP contribution in [0, 0.1) is 0 Å². The van der Waals surface area contributed by atoms with E-state index in [1.165, 1.54) is 14.2 Å². The van der Waals surface area contributed by atoms with Gasteiger partial charge in [0.05, 0.1) is 26.0 Å². The molecule has 0 bridgehead atoms. The monoisotopic (exact) mass is 309 g/mol. The van der Waals surface area contributed by atoms with E-state index in [1.54, 1.807) is 18.2 Å². The van der Waals surface area contributed by atoms with Crippen LogP contribution in [0.25, 0.3) is 10.9 Å². The molecule has 1 aromatic carbocycles. The van der Waals surface area contributed by atoms with Crippen LogP contribution in [0.4, 0.5) is 5.69 Å². The summed E-state index contributed by atoms with van der Waals surface area (Å²) in [5, 5.41) is 10.5. The Labute approximate surface area is 124 Å². The third-order valence-corrected chi connectivity index (χ3v) is 2.96. The zero-order valence-corrected chi connectivity index (χ0v) is 12.0. The molecule has 8 heteroatoms. The van der Waals surface area contributed by atoms with Gasteiger partial charge in [0.15, 0.2) is 0 Å². The van der Waals surface area contributed by atoms with E-state index < -0.39 is 11.9 Å². The van der Waals surface area contributed by atoms with Crippen molar-refractivity contribution in [3.8, 4) is 0 Å². The molecular weight excluding hydrogens is 298 g/mol. The lowest BCUT2D eigenvalue weighted by Crippen LogP contribution is -2.15. The smallest absolute Gasteiger partial charge is 0.354 e. The van der Waals surface area contributed by atoms with Crippen molar-refractivity contribution in [1.82, 2.24) is 10.2 Å². The quantitative estimate of drug-likeness (QED) is 0.661. The number of fused-ring (bicyclic) bond motifs is 1. The molecule has 0 aliphatic heterocycles. The summed E-state index contributed by atoms with van der Waals surface area (Å²) in [4.78, 5) is 23.0. The summed E-state index contributed by atoms with van der Waals surface area (Å²) in [6.07, 6.45) is 0.999. The lowest BCUT2D eigenvalue weighted by molar-refractivity contribution is -0.138. The van der Waals surface area contributed by atoms with E-state index in [9.17, 15) is 9.59 Å². The fourth-order valence-electron chi connectivity index (χ4n) is 1.69. The minimum atomic E-state index is -0.709. The molecule has 0 spiro atoms. The average Bonchev–Trinajstić information content (AvgIpc) is 2.88. The first-order chi connectivity index (χ1) is 10.1. The highest BCUT2D eigenvalue weighted by atomic mass is 35.5. The van der Waals surface area contributed by atoms with Gasteiger partial charge < -0.3 is 14.8 Å². The van der Waals surface area contributed by atoms with Crippen molar-refractivity contribution < 1.29 is 19.1 Å². The third-order valence-electron chi connectivity index (χ3n) is 2.68. The second kappa shape index (κ2) is 6.27. The zero-order valence-electron chi connectivity index (χ0n) is 11.3. The molecule has 1 aromatic heterocycles. The normalized spacial score (nSPS) is 11.3. The van der Waals surface area contributed by atoms with Gasteiger partial charge in [-0.05, 0) is 12.1 Å². The Morgan fingerprint density at radius 3 is 2.76 bits per heavy atom. The van der Waals surface area contributed by atoms with E-state index in [1.807, 2.05) is 0 Å². The second-order valence-electron chi connectivity index (χ2n) is 3.94. The van der Waals surface area contributed by atoms with Gasteiger partial charge in [-0.25, -0.2) is 9.59 Å². The fourth-order valence-corrected chi connectivity index (χ4v) is 1.88. The van der Waals surface area contributed by atoms with Crippen molar-refractivity contribution in [3.05, 3.63) is 35.1 Å². The molecule has 0 amide bonds. The minimum absolute atomic E-state index is 0.0732. The van der Waals surface area contributed by atoms with Crippen LogP contribution in [-0.4, -0.2) is 36.4 Å². The molecule has 2 rings (SSSR count). The molecular formula is C13H12ClN3O4. The molecule has 2 aromatic rings. The van der Waals surface area contributed by atoms with Crippen LogP contribution in [0.5, 0.6) is 0 Å². The number of carbonyl (C=O) groups excluding carboxylic acids is 2. The Hall–Kier alpha value is -2.54. The van der Waals surface area contributed by atoms with E-state index in [0.29, 0.717) is 21.7 Å². The van der Waals surface area contributed by atoms with Gasteiger partial charge in [-0.15, -0.1) is 0 Å². The highest BCUT2D eigenvalue weighted by molar-refractivity contribution is 6.34. The number of ether oxygens (including phenoxy) is 2. The molecule has 0 saturated heterocycles. The summed E-state index contributed by atoms with van der Waals surface area (Å²) in [7, 11) is 2.42. The summed E-state index contributed by atoms with van der Waals surface area (Å²) < 4.78 is 9.11. The molecule has 2 N–H and O–H groups in total. The first-order valence-electron chi connectivity index (χ1n) is 5.84. The molecule has 7 nitrogen and oxygen atoms in total. The molecule has 0 radical (unpaired) electrons. The number of nitrogens with one attached hydrogen (secondary N) is 2. The predicted octanol–water partition coefficient (Wildman–Crippen LogP) is 1.86. The van der Waals surface area contributed by atoms with Crippen molar-refractivity contribution in [2.45, 2.75) is 0 Å². The number of hydrogen-bond acceptors (Lipinski definition) is 6. The van der Waals surface area contributed by atoms with E-state index >= 15 is 0 Å². The first kappa shape index (κ1) is 14.9. The van der Waals surface area contributed by atoms with Crippen LogP contribution in [0.3, 0.4) is 0 Å². The Balaban J connectivity index is 2.41. The van der Waals surface area contributed by atoms with Gasteiger partial charge in [-0.3, -0.25) is 5.10 Å². The molecule has 0 atom stereocenters. The number of aromatic amines is 1. The first-order valence-corrected chi connectivity index (χ1v) is 6.22. The highest BCUT2D eigenvalue weighted by Gasteiger charge is 2.15. The molecule has 21 heavy (non-hydrogen) atoms. The lowest BCUT2D eigenvalue weighted by atomic mass is 10.2. The molecule has 110 valence electrons. The number of halogens is 1. The van der Waals surface area contributed by atoms with E-state index in [4.69, 9.17) is 11.6 Å². The molecule has 0 fully saturated rings.